The van der Waals surface area contributed by atoms with Gasteiger partial charge in [0, 0.05) is 29.0 Å². The maximum Gasteiger partial charge on any atom is 0.264 e. The topological polar surface area (TPSA) is 96.0 Å². The summed E-state index contributed by atoms with van der Waals surface area (Å²) < 4.78 is 35.8. The van der Waals surface area contributed by atoms with Gasteiger partial charge in [0.2, 0.25) is 11.8 Å². The minimum Gasteiger partial charge on any atom is -0.495 e. The van der Waals surface area contributed by atoms with Gasteiger partial charge in [-0.3, -0.25) is 13.9 Å². The summed E-state index contributed by atoms with van der Waals surface area (Å²) in [5, 5.41) is 3.26. The first kappa shape index (κ1) is 35.0. The van der Waals surface area contributed by atoms with Crippen LogP contribution >= 0.6 is 27.5 Å². The molecule has 0 bridgehead atoms. The van der Waals surface area contributed by atoms with E-state index in [1.807, 2.05) is 61.5 Å². The van der Waals surface area contributed by atoms with E-state index >= 15 is 0 Å². The molecule has 4 aromatic rings. The summed E-state index contributed by atoms with van der Waals surface area (Å²) in [6.45, 7) is 1.94. The van der Waals surface area contributed by atoms with Crippen molar-refractivity contribution >= 4 is 55.1 Å². The lowest BCUT2D eigenvalue weighted by atomic mass is 10.0. The predicted octanol–water partition coefficient (Wildman–Crippen LogP) is 6.86. The molecule has 4 aromatic carbocycles. The minimum atomic E-state index is -4.29. The Bertz CT molecular complexity index is 1710. The molecule has 4 rings (SSSR count). The third-order valence-electron chi connectivity index (χ3n) is 7.39. The van der Waals surface area contributed by atoms with Crippen LogP contribution in [0.2, 0.25) is 5.02 Å². The molecule has 0 spiro atoms. The monoisotopic (exact) mass is 725 g/mol. The molecule has 1 N–H and O–H groups in total. The Hall–Kier alpha value is -3.86. The molecule has 242 valence electrons. The largest absolute Gasteiger partial charge is 0.495 e. The molecule has 11 heteroatoms. The molecule has 46 heavy (non-hydrogen) atoms. The zero-order valence-electron chi connectivity index (χ0n) is 25.7. The number of methoxy groups -OCH3 is 1. The lowest BCUT2D eigenvalue weighted by molar-refractivity contribution is -0.140. The third kappa shape index (κ3) is 9.11. The summed E-state index contributed by atoms with van der Waals surface area (Å²) in [6.07, 6.45) is 1.90. The van der Waals surface area contributed by atoms with Gasteiger partial charge in [-0.15, -0.1) is 0 Å². The second kappa shape index (κ2) is 16.6. The first-order valence-corrected chi connectivity index (χ1v) is 17.5. The molecule has 8 nitrogen and oxygen atoms in total. The van der Waals surface area contributed by atoms with Crippen LogP contribution in [0.15, 0.2) is 112 Å². The maximum absolute atomic E-state index is 14.6. The number of nitrogens with zero attached hydrogens (tertiary/aromatic N) is 2. The first-order chi connectivity index (χ1) is 22.1. The number of rotatable bonds is 15. The summed E-state index contributed by atoms with van der Waals surface area (Å²) in [7, 11) is -2.88. The molecule has 0 fully saturated rings. The zero-order chi connectivity index (χ0) is 33.1. The van der Waals surface area contributed by atoms with Crippen molar-refractivity contribution in [3.05, 3.63) is 124 Å². The highest BCUT2D eigenvalue weighted by atomic mass is 79.9. The molecule has 0 radical (unpaired) electrons. The summed E-state index contributed by atoms with van der Waals surface area (Å²) in [4.78, 5) is 29.9. The summed E-state index contributed by atoms with van der Waals surface area (Å²) in [6, 6.07) is 28.4. The molecule has 0 heterocycles. The Labute approximate surface area is 284 Å². The first-order valence-electron chi connectivity index (χ1n) is 14.9. The molecule has 1 atom stereocenters. The number of ether oxygens (including phenoxy) is 1. The molecular weight excluding hydrogens is 690 g/mol. The highest BCUT2D eigenvalue weighted by molar-refractivity contribution is 9.10. The van der Waals surface area contributed by atoms with E-state index < -0.39 is 28.5 Å². The number of hydrogen-bond acceptors (Lipinski definition) is 5. The zero-order valence-corrected chi connectivity index (χ0v) is 28.9. The molecule has 0 aliphatic carbocycles. The Morgan fingerprint density at radius 2 is 1.57 bits per heavy atom. The molecule has 0 aliphatic rings. The summed E-state index contributed by atoms with van der Waals surface area (Å²) in [5.41, 5.74) is 1.73. The quantitative estimate of drug-likeness (QED) is 0.135. The summed E-state index contributed by atoms with van der Waals surface area (Å²) >= 11 is 9.80. The van der Waals surface area contributed by atoms with Gasteiger partial charge in [0.15, 0.2) is 0 Å². The number of anilines is 1. The van der Waals surface area contributed by atoms with Gasteiger partial charge in [-0.25, -0.2) is 8.42 Å². The van der Waals surface area contributed by atoms with Crippen molar-refractivity contribution in [2.45, 2.75) is 43.7 Å². The molecule has 0 aromatic heterocycles. The highest BCUT2D eigenvalue weighted by Crippen LogP contribution is 2.35. The van der Waals surface area contributed by atoms with Crippen molar-refractivity contribution in [2.24, 2.45) is 0 Å². The van der Waals surface area contributed by atoms with Crippen LogP contribution in [0, 0.1) is 0 Å². The van der Waals surface area contributed by atoms with E-state index in [4.69, 9.17) is 16.3 Å². The number of hydrogen-bond donors (Lipinski definition) is 1. The van der Waals surface area contributed by atoms with Gasteiger partial charge in [0.1, 0.15) is 18.3 Å². The Kier molecular flexibility index (Phi) is 12.7. The number of nitrogens with one attached hydrogen (secondary N) is 1. The SMILES string of the molecule is CCCCNC(=O)[C@@H](Cc1ccccc1)N(Cc1ccc(Br)cc1)C(=O)CN(c1cc(Cl)ccc1OC)S(=O)(=O)c1ccccc1. The van der Waals surface area contributed by atoms with E-state index in [1.165, 1.54) is 30.2 Å². The van der Waals surface area contributed by atoms with Gasteiger partial charge in [-0.1, -0.05) is 102 Å². The van der Waals surface area contributed by atoms with Crippen molar-refractivity contribution < 1.29 is 22.7 Å². The van der Waals surface area contributed by atoms with Crippen LogP contribution in [0.25, 0.3) is 0 Å². The van der Waals surface area contributed by atoms with Crippen molar-refractivity contribution in [1.29, 1.82) is 0 Å². The maximum atomic E-state index is 14.6. The smallest absolute Gasteiger partial charge is 0.264 e. The fraction of sp³-hybridized carbons (Fsp3) is 0.257. The van der Waals surface area contributed by atoms with E-state index in [2.05, 4.69) is 21.2 Å². The molecule has 2 amide bonds. The van der Waals surface area contributed by atoms with Crippen LogP contribution in [0.4, 0.5) is 5.69 Å². The lowest BCUT2D eigenvalue weighted by Gasteiger charge is -2.34. The lowest BCUT2D eigenvalue weighted by Crippen LogP contribution is -2.53. The second-order valence-corrected chi connectivity index (χ2v) is 13.9. The number of carbonyl (C=O) groups is 2. The minimum absolute atomic E-state index is 0.0116. The summed E-state index contributed by atoms with van der Waals surface area (Å²) in [5.74, 6) is -0.675. The number of sulfonamides is 1. The van der Waals surface area contributed by atoms with E-state index in [-0.39, 0.29) is 40.2 Å². The number of amides is 2. The van der Waals surface area contributed by atoms with Crippen LogP contribution in [0.1, 0.15) is 30.9 Å². The molecule has 0 aliphatic heterocycles. The normalized spacial score (nSPS) is 11.8. The number of halogens is 2. The standard InChI is InChI=1S/C35H37BrClN3O5S/c1-3-4-21-38-35(42)32(22-26-11-7-5-8-12-26)39(24-27-15-17-28(36)18-16-27)34(41)25-40(31-23-29(37)19-20-33(31)45-2)46(43,44)30-13-9-6-10-14-30/h5-20,23,32H,3-4,21-22,24-25H2,1-2H3,(H,38,42)/t32-/m1/s1. The van der Waals surface area contributed by atoms with Crippen molar-refractivity contribution in [3.8, 4) is 5.75 Å². The second-order valence-electron chi connectivity index (χ2n) is 10.6. The van der Waals surface area contributed by atoms with Gasteiger partial charge >= 0.3 is 0 Å². The molecule has 0 saturated heterocycles. The van der Waals surface area contributed by atoms with Gasteiger partial charge < -0.3 is 15.0 Å². The van der Waals surface area contributed by atoms with Gasteiger partial charge in [0.25, 0.3) is 10.0 Å². The van der Waals surface area contributed by atoms with Gasteiger partial charge in [-0.05, 0) is 60.0 Å². The van der Waals surface area contributed by atoms with Gasteiger partial charge in [-0.2, -0.15) is 0 Å². The van der Waals surface area contributed by atoms with E-state index in [9.17, 15) is 18.0 Å². The van der Waals surface area contributed by atoms with Crippen LogP contribution in [-0.2, 0) is 32.6 Å². The van der Waals surface area contributed by atoms with Crippen LogP contribution in [0.5, 0.6) is 5.75 Å². The van der Waals surface area contributed by atoms with Crippen LogP contribution in [0.3, 0.4) is 0 Å². The van der Waals surface area contributed by atoms with Crippen LogP contribution < -0.4 is 14.4 Å². The van der Waals surface area contributed by atoms with Crippen LogP contribution in [-0.4, -0.2) is 51.4 Å². The van der Waals surface area contributed by atoms with Crippen molar-refractivity contribution in [1.82, 2.24) is 10.2 Å². The Balaban J connectivity index is 1.82. The molecule has 0 saturated carbocycles. The number of benzene rings is 4. The van der Waals surface area contributed by atoms with E-state index in [1.54, 1.807) is 30.3 Å². The average molecular weight is 727 g/mol. The fourth-order valence-electron chi connectivity index (χ4n) is 4.94. The van der Waals surface area contributed by atoms with Crippen molar-refractivity contribution in [3.63, 3.8) is 0 Å². The fourth-order valence-corrected chi connectivity index (χ4v) is 6.81. The van der Waals surface area contributed by atoms with Gasteiger partial charge in [0.05, 0.1) is 17.7 Å². The Morgan fingerprint density at radius 1 is 0.913 bits per heavy atom. The third-order valence-corrected chi connectivity index (χ3v) is 9.92. The predicted molar refractivity (Wildman–Crippen MR) is 186 cm³/mol. The van der Waals surface area contributed by atoms with E-state index in [0.717, 1.165) is 32.7 Å². The van der Waals surface area contributed by atoms with E-state index in [0.29, 0.717) is 6.54 Å². The molecular formula is C35H37BrClN3O5S. The number of carbonyl (C=O) groups excluding carboxylic acids is 2. The number of unbranched alkanes of at least 4 members (excludes halogenated alkanes) is 1. The molecule has 0 unspecified atom stereocenters. The Morgan fingerprint density at radius 3 is 2.20 bits per heavy atom. The van der Waals surface area contributed by atoms with Crippen molar-refractivity contribution in [2.75, 3.05) is 24.5 Å². The average Bonchev–Trinajstić information content (AvgIpc) is 3.06. The highest BCUT2D eigenvalue weighted by Gasteiger charge is 2.35.